The Morgan fingerprint density at radius 2 is 2.17 bits per heavy atom. The first-order valence-electron chi connectivity index (χ1n) is 6.72. The first-order chi connectivity index (χ1) is 8.72. The summed E-state index contributed by atoms with van der Waals surface area (Å²) in [4.78, 5) is 10.9. The molecule has 18 heavy (non-hydrogen) atoms. The number of aromatic nitrogens is 4. The van der Waals surface area contributed by atoms with E-state index in [1.807, 2.05) is 6.92 Å². The average molecular weight is 252 g/mol. The van der Waals surface area contributed by atoms with E-state index in [1.165, 1.54) is 19.3 Å². The van der Waals surface area contributed by atoms with E-state index < -0.39 is 5.97 Å². The molecule has 1 unspecified atom stereocenters. The number of carbonyl (C=O) groups is 1. The summed E-state index contributed by atoms with van der Waals surface area (Å²) in [5, 5.41) is 20.8. The second kappa shape index (κ2) is 5.93. The minimum Gasteiger partial charge on any atom is -0.481 e. The minimum absolute atomic E-state index is 0.0846. The van der Waals surface area contributed by atoms with Crippen molar-refractivity contribution in [1.82, 2.24) is 20.2 Å². The number of hydrogen-bond donors (Lipinski definition) is 1. The molecule has 0 amide bonds. The summed E-state index contributed by atoms with van der Waals surface area (Å²) in [6.45, 7) is 1.97. The molecule has 0 radical (unpaired) electrons. The fourth-order valence-corrected chi connectivity index (χ4v) is 2.70. The van der Waals surface area contributed by atoms with Gasteiger partial charge in [0.05, 0.1) is 12.5 Å². The van der Waals surface area contributed by atoms with Crippen molar-refractivity contribution >= 4 is 5.97 Å². The van der Waals surface area contributed by atoms with Gasteiger partial charge in [-0.3, -0.25) is 4.79 Å². The van der Waals surface area contributed by atoms with E-state index in [0.717, 1.165) is 25.1 Å². The Morgan fingerprint density at radius 1 is 1.44 bits per heavy atom. The van der Waals surface area contributed by atoms with Gasteiger partial charge in [-0.05, 0) is 29.7 Å². The Morgan fingerprint density at radius 3 is 2.78 bits per heavy atom. The van der Waals surface area contributed by atoms with Crippen molar-refractivity contribution in [2.75, 3.05) is 0 Å². The molecule has 1 aromatic rings. The number of carboxylic acids is 1. The van der Waals surface area contributed by atoms with Crippen LogP contribution in [0.3, 0.4) is 0 Å². The van der Waals surface area contributed by atoms with Crippen LogP contribution in [-0.2, 0) is 4.79 Å². The highest BCUT2D eigenvalue weighted by molar-refractivity contribution is 5.67. The van der Waals surface area contributed by atoms with E-state index in [0.29, 0.717) is 5.92 Å². The Labute approximate surface area is 106 Å². The molecule has 6 heteroatoms. The smallest absolute Gasteiger partial charge is 0.305 e. The van der Waals surface area contributed by atoms with Gasteiger partial charge >= 0.3 is 5.97 Å². The van der Waals surface area contributed by atoms with Crippen LogP contribution < -0.4 is 0 Å². The van der Waals surface area contributed by atoms with Gasteiger partial charge in [0.25, 0.3) is 0 Å². The molecule has 100 valence electrons. The van der Waals surface area contributed by atoms with Crippen molar-refractivity contribution in [1.29, 1.82) is 0 Å². The zero-order valence-electron chi connectivity index (χ0n) is 10.7. The molecule has 0 aromatic carbocycles. The van der Waals surface area contributed by atoms with Crippen LogP contribution in [0.15, 0.2) is 0 Å². The Balaban J connectivity index is 2.16. The maximum absolute atomic E-state index is 10.9. The van der Waals surface area contributed by atoms with Crippen LogP contribution in [0.5, 0.6) is 0 Å². The summed E-state index contributed by atoms with van der Waals surface area (Å²) < 4.78 is 1.74. The molecule has 2 rings (SSSR count). The Hall–Kier alpha value is -1.46. The summed E-state index contributed by atoms with van der Waals surface area (Å²) in [5.41, 5.74) is 0. The SMILES string of the molecule is CCC(CC(=O)O)n1nnnc1C1CCCCC1. The fourth-order valence-electron chi connectivity index (χ4n) is 2.70. The minimum atomic E-state index is -0.799. The van der Waals surface area contributed by atoms with Gasteiger partial charge in [0.2, 0.25) is 0 Å². The highest BCUT2D eigenvalue weighted by Crippen LogP contribution is 2.32. The van der Waals surface area contributed by atoms with Crippen molar-refractivity contribution in [2.45, 2.75) is 63.8 Å². The molecule has 1 aliphatic carbocycles. The van der Waals surface area contributed by atoms with Gasteiger partial charge in [0, 0.05) is 5.92 Å². The van der Waals surface area contributed by atoms with Gasteiger partial charge in [-0.25, -0.2) is 4.68 Å². The monoisotopic (exact) mass is 252 g/mol. The molecule has 1 atom stereocenters. The molecule has 1 aliphatic rings. The molecular formula is C12H20N4O2. The molecule has 6 nitrogen and oxygen atoms in total. The molecule has 1 fully saturated rings. The average Bonchev–Trinajstić information content (AvgIpc) is 2.86. The lowest BCUT2D eigenvalue weighted by atomic mass is 9.88. The summed E-state index contributed by atoms with van der Waals surface area (Å²) in [6.07, 6.45) is 6.76. The summed E-state index contributed by atoms with van der Waals surface area (Å²) in [5.74, 6) is 0.478. The molecule has 0 saturated heterocycles. The lowest BCUT2D eigenvalue weighted by Crippen LogP contribution is -2.20. The molecule has 0 spiro atoms. The highest BCUT2D eigenvalue weighted by Gasteiger charge is 2.25. The van der Waals surface area contributed by atoms with Crippen LogP contribution in [0.1, 0.15) is 69.7 Å². The quantitative estimate of drug-likeness (QED) is 0.868. The largest absolute Gasteiger partial charge is 0.481 e. The molecule has 1 N–H and O–H groups in total. The van der Waals surface area contributed by atoms with E-state index >= 15 is 0 Å². The number of hydrogen-bond acceptors (Lipinski definition) is 4. The standard InChI is InChI=1S/C12H20N4O2/c1-2-10(8-11(17)18)16-12(13-14-15-16)9-6-4-3-5-7-9/h9-10H,2-8H2,1H3,(H,17,18). The van der Waals surface area contributed by atoms with Gasteiger partial charge in [-0.1, -0.05) is 26.2 Å². The van der Waals surface area contributed by atoms with Crippen molar-refractivity contribution in [2.24, 2.45) is 0 Å². The van der Waals surface area contributed by atoms with Gasteiger partial charge in [0.1, 0.15) is 0 Å². The molecular weight excluding hydrogens is 232 g/mol. The van der Waals surface area contributed by atoms with Crippen molar-refractivity contribution < 1.29 is 9.90 Å². The van der Waals surface area contributed by atoms with Gasteiger partial charge in [0.15, 0.2) is 5.82 Å². The maximum atomic E-state index is 10.9. The predicted molar refractivity (Wildman–Crippen MR) is 65.2 cm³/mol. The topological polar surface area (TPSA) is 80.9 Å². The summed E-state index contributed by atoms with van der Waals surface area (Å²) in [6, 6.07) is -0.130. The normalized spacial score (nSPS) is 18.7. The third-order valence-corrected chi connectivity index (χ3v) is 3.72. The van der Waals surface area contributed by atoms with Crippen LogP contribution in [0.2, 0.25) is 0 Å². The maximum Gasteiger partial charge on any atom is 0.305 e. The number of tetrazole rings is 1. The zero-order valence-corrected chi connectivity index (χ0v) is 10.7. The summed E-state index contributed by atoms with van der Waals surface area (Å²) >= 11 is 0. The van der Waals surface area contributed by atoms with Crippen LogP contribution in [0.4, 0.5) is 0 Å². The van der Waals surface area contributed by atoms with E-state index in [9.17, 15) is 4.79 Å². The van der Waals surface area contributed by atoms with Crippen LogP contribution in [0, 0.1) is 0 Å². The van der Waals surface area contributed by atoms with Crippen molar-refractivity contribution in [3.8, 4) is 0 Å². The number of carboxylic acid groups (broad SMARTS) is 1. The lowest BCUT2D eigenvalue weighted by molar-refractivity contribution is -0.138. The van der Waals surface area contributed by atoms with E-state index in [2.05, 4.69) is 15.5 Å². The van der Waals surface area contributed by atoms with Crippen LogP contribution >= 0.6 is 0 Å². The van der Waals surface area contributed by atoms with Gasteiger partial charge in [-0.2, -0.15) is 0 Å². The van der Waals surface area contributed by atoms with E-state index in [-0.39, 0.29) is 12.5 Å². The van der Waals surface area contributed by atoms with Crippen molar-refractivity contribution in [3.05, 3.63) is 5.82 Å². The van der Waals surface area contributed by atoms with E-state index in [1.54, 1.807) is 4.68 Å². The number of nitrogens with zero attached hydrogens (tertiary/aromatic N) is 4. The highest BCUT2D eigenvalue weighted by atomic mass is 16.4. The second-order valence-corrected chi connectivity index (χ2v) is 4.98. The number of aliphatic carboxylic acids is 1. The zero-order chi connectivity index (χ0) is 13.0. The third kappa shape index (κ3) is 2.86. The van der Waals surface area contributed by atoms with Gasteiger partial charge < -0.3 is 5.11 Å². The van der Waals surface area contributed by atoms with E-state index in [4.69, 9.17) is 5.11 Å². The molecule has 0 aliphatic heterocycles. The van der Waals surface area contributed by atoms with Crippen molar-refractivity contribution in [3.63, 3.8) is 0 Å². The van der Waals surface area contributed by atoms with Crippen LogP contribution in [0.25, 0.3) is 0 Å². The third-order valence-electron chi connectivity index (χ3n) is 3.72. The molecule has 1 heterocycles. The predicted octanol–water partition coefficient (Wildman–Crippen LogP) is 2.15. The number of rotatable bonds is 5. The van der Waals surface area contributed by atoms with Crippen LogP contribution in [-0.4, -0.2) is 31.3 Å². The first kappa shape index (κ1) is 13.0. The molecule has 1 aromatic heterocycles. The summed E-state index contributed by atoms with van der Waals surface area (Å²) in [7, 11) is 0. The lowest BCUT2D eigenvalue weighted by Gasteiger charge is -2.23. The fraction of sp³-hybridized carbons (Fsp3) is 0.833. The Bertz CT molecular complexity index is 399. The molecule has 1 saturated carbocycles. The second-order valence-electron chi connectivity index (χ2n) is 4.98. The van der Waals surface area contributed by atoms with Gasteiger partial charge in [-0.15, -0.1) is 5.10 Å². The first-order valence-corrected chi connectivity index (χ1v) is 6.72. The Kier molecular flexibility index (Phi) is 4.28. The molecule has 0 bridgehead atoms.